The lowest BCUT2D eigenvalue weighted by Crippen LogP contribution is -2.25. The van der Waals surface area contributed by atoms with Gasteiger partial charge in [-0.25, -0.2) is 4.79 Å². The number of carbonyl (C=O) groups excluding carboxylic acids is 1. The summed E-state index contributed by atoms with van der Waals surface area (Å²) in [5.41, 5.74) is 0. The van der Waals surface area contributed by atoms with E-state index in [1.165, 1.54) is 7.11 Å². The summed E-state index contributed by atoms with van der Waals surface area (Å²) in [6, 6.07) is 0. The molecule has 0 radical (unpaired) electrons. The maximum Gasteiger partial charge on any atom is 0.376 e. The first-order valence-electron chi connectivity index (χ1n) is 3.73. The molecule has 0 aliphatic carbocycles. The maximum absolute atomic E-state index is 11.0. The smallest absolute Gasteiger partial charge is 0.376 e. The molecule has 1 aliphatic rings. The summed E-state index contributed by atoms with van der Waals surface area (Å²) in [6.45, 7) is 3.95. The molecule has 12 heavy (non-hydrogen) atoms. The highest BCUT2D eigenvalue weighted by Crippen LogP contribution is 2.17. The van der Waals surface area contributed by atoms with Crippen molar-refractivity contribution in [2.24, 2.45) is 0 Å². The van der Waals surface area contributed by atoms with Gasteiger partial charge in [-0.3, -0.25) is 0 Å². The van der Waals surface area contributed by atoms with Gasteiger partial charge >= 0.3 is 5.97 Å². The second-order valence-electron chi connectivity index (χ2n) is 2.62. The average molecular weight is 172 g/mol. The third-order valence-electron chi connectivity index (χ3n) is 1.53. The Morgan fingerprint density at radius 2 is 2.33 bits per heavy atom. The van der Waals surface area contributed by atoms with Crippen LogP contribution in [0.3, 0.4) is 0 Å². The van der Waals surface area contributed by atoms with E-state index in [4.69, 9.17) is 9.47 Å². The summed E-state index contributed by atoms with van der Waals surface area (Å²) < 4.78 is 14.9. The molecule has 0 aromatic rings. The molecule has 0 bridgehead atoms. The van der Waals surface area contributed by atoms with Crippen LogP contribution in [0.1, 0.15) is 13.8 Å². The SMILES string of the molecule is COC(=O)C1=C(C)O[C@H](C)CO1. The van der Waals surface area contributed by atoms with Crippen LogP contribution in [0, 0.1) is 0 Å². The monoisotopic (exact) mass is 172 g/mol. The first-order valence-corrected chi connectivity index (χ1v) is 3.73. The zero-order valence-electron chi connectivity index (χ0n) is 7.42. The fourth-order valence-corrected chi connectivity index (χ4v) is 0.987. The van der Waals surface area contributed by atoms with Crippen LogP contribution in [0.5, 0.6) is 0 Å². The molecule has 0 spiro atoms. The highest BCUT2D eigenvalue weighted by atomic mass is 16.6. The van der Waals surface area contributed by atoms with E-state index in [-0.39, 0.29) is 11.9 Å². The molecule has 0 aromatic carbocycles. The average Bonchev–Trinajstić information content (AvgIpc) is 2.03. The molecule has 0 fully saturated rings. The van der Waals surface area contributed by atoms with Crippen LogP contribution < -0.4 is 0 Å². The summed E-state index contributed by atoms with van der Waals surface area (Å²) in [6.07, 6.45) is -0.00148. The van der Waals surface area contributed by atoms with Gasteiger partial charge in [0.2, 0.25) is 5.76 Å². The molecule has 0 amide bonds. The normalized spacial score (nSPS) is 22.8. The summed E-state index contributed by atoms with van der Waals surface area (Å²) in [5.74, 6) is 0.176. The Morgan fingerprint density at radius 1 is 1.67 bits per heavy atom. The summed E-state index contributed by atoms with van der Waals surface area (Å²) in [5, 5.41) is 0. The van der Waals surface area contributed by atoms with Crippen molar-refractivity contribution in [3.8, 4) is 0 Å². The number of carbonyl (C=O) groups is 1. The minimum absolute atomic E-state index is 0.00148. The van der Waals surface area contributed by atoms with Gasteiger partial charge in [0.15, 0.2) is 0 Å². The molecule has 4 heteroatoms. The van der Waals surface area contributed by atoms with E-state index in [0.717, 1.165) is 0 Å². The molecular formula is C8H12O4. The lowest BCUT2D eigenvalue weighted by molar-refractivity contribution is -0.143. The van der Waals surface area contributed by atoms with Gasteiger partial charge in [0.1, 0.15) is 18.5 Å². The van der Waals surface area contributed by atoms with E-state index in [1.54, 1.807) is 6.92 Å². The van der Waals surface area contributed by atoms with Crippen molar-refractivity contribution in [2.45, 2.75) is 20.0 Å². The number of ether oxygens (including phenoxy) is 3. The molecule has 0 aromatic heterocycles. The Labute approximate surface area is 71.1 Å². The fourth-order valence-electron chi connectivity index (χ4n) is 0.987. The molecule has 0 saturated heterocycles. The Hall–Kier alpha value is -1.19. The first kappa shape index (κ1) is 8.90. The van der Waals surface area contributed by atoms with Crippen LogP contribution in [-0.4, -0.2) is 25.8 Å². The summed E-state index contributed by atoms with van der Waals surface area (Å²) >= 11 is 0. The molecule has 68 valence electrons. The first-order chi connectivity index (χ1) is 5.65. The number of allylic oxidation sites excluding steroid dienone is 1. The zero-order valence-corrected chi connectivity index (χ0v) is 7.42. The quantitative estimate of drug-likeness (QED) is 0.549. The molecule has 1 aliphatic heterocycles. The Bertz CT molecular complexity index is 219. The minimum atomic E-state index is -0.487. The minimum Gasteiger partial charge on any atom is -0.488 e. The van der Waals surface area contributed by atoms with E-state index in [9.17, 15) is 4.79 Å². The molecule has 0 unspecified atom stereocenters. The van der Waals surface area contributed by atoms with E-state index >= 15 is 0 Å². The van der Waals surface area contributed by atoms with Gasteiger partial charge in [0, 0.05) is 0 Å². The molecule has 4 nitrogen and oxygen atoms in total. The Morgan fingerprint density at radius 3 is 2.83 bits per heavy atom. The van der Waals surface area contributed by atoms with Crippen molar-refractivity contribution in [3.05, 3.63) is 11.5 Å². The second-order valence-corrected chi connectivity index (χ2v) is 2.62. The van der Waals surface area contributed by atoms with Crippen molar-refractivity contribution < 1.29 is 19.0 Å². The van der Waals surface area contributed by atoms with Crippen LogP contribution in [0.25, 0.3) is 0 Å². The van der Waals surface area contributed by atoms with Gasteiger partial charge in [-0.15, -0.1) is 0 Å². The van der Waals surface area contributed by atoms with Gasteiger partial charge in [-0.1, -0.05) is 0 Å². The van der Waals surface area contributed by atoms with Crippen LogP contribution >= 0.6 is 0 Å². The number of hydrogen-bond donors (Lipinski definition) is 0. The molecule has 0 N–H and O–H groups in total. The Balaban J connectivity index is 2.75. The van der Waals surface area contributed by atoms with Gasteiger partial charge in [0.25, 0.3) is 0 Å². The van der Waals surface area contributed by atoms with E-state index < -0.39 is 5.97 Å². The third kappa shape index (κ3) is 1.69. The van der Waals surface area contributed by atoms with Crippen LogP contribution in [0.2, 0.25) is 0 Å². The lowest BCUT2D eigenvalue weighted by atomic mass is 10.3. The van der Waals surface area contributed by atoms with E-state index in [1.807, 2.05) is 6.92 Å². The largest absolute Gasteiger partial charge is 0.488 e. The molecule has 1 heterocycles. The number of rotatable bonds is 1. The van der Waals surface area contributed by atoms with Gasteiger partial charge < -0.3 is 14.2 Å². The van der Waals surface area contributed by atoms with Gasteiger partial charge in [0.05, 0.1) is 7.11 Å². The lowest BCUT2D eigenvalue weighted by Gasteiger charge is -2.23. The highest BCUT2D eigenvalue weighted by molar-refractivity contribution is 5.86. The molecule has 1 rings (SSSR count). The topological polar surface area (TPSA) is 44.8 Å². The summed E-state index contributed by atoms with van der Waals surface area (Å²) in [7, 11) is 1.31. The highest BCUT2D eigenvalue weighted by Gasteiger charge is 2.23. The number of hydrogen-bond acceptors (Lipinski definition) is 4. The fraction of sp³-hybridized carbons (Fsp3) is 0.625. The van der Waals surface area contributed by atoms with Crippen molar-refractivity contribution in [1.29, 1.82) is 0 Å². The number of methoxy groups -OCH3 is 1. The predicted molar refractivity (Wildman–Crippen MR) is 41.2 cm³/mol. The summed E-state index contributed by atoms with van der Waals surface area (Å²) in [4.78, 5) is 11.0. The van der Waals surface area contributed by atoms with Crippen molar-refractivity contribution in [2.75, 3.05) is 13.7 Å². The molecular weight excluding hydrogens is 160 g/mol. The van der Waals surface area contributed by atoms with Crippen molar-refractivity contribution in [1.82, 2.24) is 0 Å². The second kappa shape index (κ2) is 3.47. The van der Waals surface area contributed by atoms with Crippen molar-refractivity contribution in [3.63, 3.8) is 0 Å². The Kier molecular flexibility index (Phi) is 2.58. The maximum atomic E-state index is 11.0. The molecule has 1 atom stereocenters. The predicted octanol–water partition coefficient (Wildman–Crippen LogP) is 0.826. The van der Waals surface area contributed by atoms with E-state index in [0.29, 0.717) is 12.4 Å². The standard InChI is InChI=1S/C8H12O4/c1-5-4-11-7(6(2)12-5)8(9)10-3/h5H,4H2,1-3H3/t5-/m1/s1. The number of esters is 1. The van der Waals surface area contributed by atoms with Gasteiger partial charge in [-0.05, 0) is 13.8 Å². The van der Waals surface area contributed by atoms with Crippen LogP contribution in [-0.2, 0) is 19.0 Å². The van der Waals surface area contributed by atoms with E-state index in [2.05, 4.69) is 4.74 Å². The van der Waals surface area contributed by atoms with Crippen molar-refractivity contribution >= 4 is 5.97 Å². The van der Waals surface area contributed by atoms with Crippen LogP contribution in [0.15, 0.2) is 11.5 Å². The van der Waals surface area contributed by atoms with Crippen LogP contribution in [0.4, 0.5) is 0 Å². The molecule has 0 saturated carbocycles. The zero-order chi connectivity index (χ0) is 9.14. The third-order valence-corrected chi connectivity index (χ3v) is 1.53. The van der Waals surface area contributed by atoms with Gasteiger partial charge in [-0.2, -0.15) is 0 Å².